The lowest BCUT2D eigenvalue weighted by atomic mass is 10.0. The number of carbonyl (C=O) groups excluding carboxylic acids is 1. The molecule has 0 saturated carbocycles. The Bertz CT molecular complexity index is 550. The molecule has 0 atom stereocenters. The first-order valence-corrected chi connectivity index (χ1v) is 6.04. The highest BCUT2D eigenvalue weighted by Crippen LogP contribution is 2.28. The van der Waals surface area contributed by atoms with Gasteiger partial charge in [0.1, 0.15) is 0 Å². The van der Waals surface area contributed by atoms with Crippen LogP contribution in [0, 0.1) is 6.07 Å². The van der Waals surface area contributed by atoms with Crippen LogP contribution < -0.4 is 0 Å². The monoisotopic (exact) mass is 259 g/mol. The van der Waals surface area contributed by atoms with Gasteiger partial charge in [-0.25, -0.2) is 4.79 Å². The summed E-state index contributed by atoms with van der Waals surface area (Å²) in [5, 5.41) is 0.495. The molecule has 2 aromatic carbocycles. The second kappa shape index (κ2) is 5.69. The van der Waals surface area contributed by atoms with Gasteiger partial charge in [-0.05, 0) is 24.6 Å². The van der Waals surface area contributed by atoms with E-state index in [4.69, 9.17) is 16.3 Å². The Morgan fingerprint density at radius 1 is 1.33 bits per heavy atom. The van der Waals surface area contributed by atoms with Crippen LogP contribution in [0.1, 0.15) is 17.3 Å². The number of carbonyl (C=O) groups is 1. The molecule has 0 amide bonds. The zero-order valence-corrected chi connectivity index (χ0v) is 10.7. The van der Waals surface area contributed by atoms with Gasteiger partial charge in [0.15, 0.2) is 0 Å². The van der Waals surface area contributed by atoms with Crippen molar-refractivity contribution in [1.82, 2.24) is 0 Å². The molecule has 18 heavy (non-hydrogen) atoms. The van der Waals surface area contributed by atoms with Gasteiger partial charge in [0, 0.05) is 11.6 Å². The summed E-state index contributed by atoms with van der Waals surface area (Å²) in [6.07, 6.45) is 0. The highest BCUT2D eigenvalue weighted by Gasteiger charge is 2.10. The molecular formula is C15H12ClO2. The Balaban J connectivity index is 2.42. The van der Waals surface area contributed by atoms with Crippen molar-refractivity contribution in [3.05, 3.63) is 59.1 Å². The fourth-order valence-electron chi connectivity index (χ4n) is 1.64. The van der Waals surface area contributed by atoms with Crippen LogP contribution in [0.25, 0.3) is 11.1 Å². The van der Waals surface area contributed by atoms with Gasteiger partial charge in [0.2, 0.25) is 0 Å². The van der Waals surface area contributed by atoms with Crippen molar-refractivity contribution in [1.29, 1.82) is 0 Å². The van der Waals surface area contributed by atoms with E-state index >= 15 is 0 Å². The maximum Gasteiger partial charge on any atom is 0.338 e. The van der Waals surface area contributed by atoms with E-state index in [9.17, 15) is 4.79 Å². The van der Waals surface area contributed by atoms with E-state index in [0.717, 1.165) is 11.1 Å². The van der Waals surface area contributed by atoms with E-state index in [2.05, 4.69) is 6.07 Å². The topological polar surface area (TPSA) is 26.3 Å². The van der Waals surface area contributed by atoms with Crippen molar-refractivity contribution in [3.63, 3.8) is 0 Å². The van der Waals surface area contributed by atoms with Crippen molar-refractivity contribution < 1.29 is 9.53 Å². The Morgan fingerprint density at radius 3 is 2.72 bits per heavy atom. The summed E-state index contributed by atoms with van der Waals surface area (Å²) in [6.45, 7) is 2.12. The third-order valence-electron chi connectivity index (χ3n) is 2.49. The molecule has 0 saturated heterocycles. The SMILES string of the molecule is CCOC(=O)c1c[c]c(Cl)c(-c2ccccc2)c1. The molecule has 3 heteroatoms. The van der Waals surface area contributed by atoms with Crippen LogP contribution in [0.15, 0.2) is 42.5 Å². The number of halogens is 1. The van der Waals surface area contributed by atoms with Crippen LogP contribution in [-0.4, -0.2) is 12.6 Å². The Hall–Kier alpha value is -1.80. The highest BCUT2D eigenvalue weighted by molar-refractivity contribution is 6.33. The van der Waals surface area contributed by atoms with Crippen molar-refractivity contribution >= 4 is 17.6 Å². The lowest BCUT2D eigenvalue weighted by Gasteiger charge is -2.07. The van der Waals surface area contributed by atoms with Gasteiger partial charge in [-0.15, -0.1) is 0 Å². The predicted octanol–water partition coefficient (Wildman–Crippen LogP) is 3.98. The van der Waals surface area contributed by atoms with Crippen molar-refractivity contribution in [3.8, 4) is 11.1 Å². The number of esters is 1. The average Bonchev–Trinajstić information content (AvgIpc) is 2.40. The van der Waals surface area contributed by atoms with Gasteiger partial charge in [-0.2, -0.15) is 0 Å². The molecule has 0 unspecified atom stereocenters. The molecular weight excluding hydrogens is 248 g/mol. The van der Waals surface area contributed by atoms with Crippen molar-refractivity contribution in [2.24, 2.45) is 0 Å². The smallest absolute Gasteiger partial charge is 0.338 e. The summed E-state index contributed by atoms with van der Waals surface area (Å²) >= 11 is 6.10. The first kappa shape index (κ1) is 12.7. The minimum absolute atomic E-state index is 0.349. The van der Waals surface area contributed by atoms with E-state index in [1.807, 2.05) is 30.3 Å². The third-order valence-corrected chi connectivity index (χ3v) is 2.80. The lowest BCUT2D eigenvalue weighted by Crippen LogP contribution is -2.04. The first-order chi connectivity index (χ1) is 8.72. The van der Waals surface area contributed by atoms with Crippen LogP contribution in [0.3, 0.4) is 0 Å². The second-order valence-electron chi connectivity index (χ2n) is 3.70. The van der Waals surface area contributed by atoms with Gasteiger partial charge in [0.25, 0.3) is 0 Å². The Morgan fingerprint density at radius 2 is 2.06 bits per heavy atom. The van der Waals surface area contributed by atoms with Gasteiger partial charge in [-0.1, -0.05) is 41.9 Å². The number of rotatable bonds is 3. The molecule has 1 radical (unpaired) electrons. The third kappa shape index (κ3) is 2.71. The van der Waals surface area contributed by atoms with Gasteiger partial charge < -0.3 is 4.74 Å². The molecule has 2 nitrogen and oxygen atoms in total. The van der Waals surface area contributed by atoms with Crippen LogP contribution in [-0.2, 0) is 4.74 Å². The minimum atomic E-state index is -0.359. The number of hydrogen-bond acceptors (Lipinski definition) is 2. The average molecular weight is 260 g/mol. The maximum atomic E-state index is 11.7. The summed E-state index contributed by atoms with van der Waals surface area (Å²) in [5.41, 5.74) is 2.19. The van der Waals surface area contributed by atoms with Crippen molar-refractivity contribution in [2.45, 2.75) is 6.92 Å². The molecule has 0 aliphatic rings. The zero-order valence-electron chi connectivity index (χ0n) is 9.94. The molecule has 2 rings (SSSR count). The summed E-state index contributed by atoms with van der Waals surface area (Å²) in [5.74, 6) is -0.359. The summed E-state index contributed by atoms with van der Waals surface area (Å²) in [7, 11) is 0. The lowest BCUT2D eigenvalue weighted by molar-refractivity contribution is 0.0526. The second-order valence-corrected chi connectivity index (χ2v) is 4.08. The Kier molecular flexibility index (Phi) is 4.00. The maximum absolute atomic E-state index is 11.7. The highest BCUT2D eigenvalue weighted by atomic mass is 35.5. The predicted molar refractivity (Wildman–Crippen MR) is 71.7 cm³/mol. The van der Waals surface area contributed by atoms with E-state index in [1.54, 1.807) is 19.1 Å². The molecule has 0 spiro atoms. The molecule has 0 aliphatic heterocycles. The molecule has 0 N–H and O–H groups in total. The molecule has 0 aliphatic carbocycles. The molecule has 0 fully saturated rings. The van der Waals surface area contributed by atoms with Gasteiger partial charge >= 0.3 is 5.97 Å². The summed E-state index contributed by atoms with van der Waals surface area (Å²) in [6, 6.07) is 15.8. The molecule has 0 heterocycles. The minimum Gasteiger partial charge on any atom is -0.462 e. The summed E-state index contributed by atoms with van der Waals surface area (Å²) < 4.78 is 4.96. The van der Waals surface area contributed by atoms with E-state index in [0.29, 0.717) is 17.2 Å². The normalized spacial score (nSPS) is 10.1. The van der Waals surface area contributed by atoms with Crippen molar-refractivity contribution in [2.75, 3.05) is 6.61 Å². The summed E-state index contributed by atoms with van der Waals surface area (Å²) in [4.78, 5) is 11.7. The number of hydrogen-bond donors (Lipinski definition) is 0. The largest absolute Gasteiger partial charge is 0.462 e. The van der Waals surface area contributed by atoms with Gasteiger partial charge in [-0.3, -0.25) is 0 Å². The van der Waals surface area contributed by atoms with Crippen LogP contribution in [0.2, 0.25) is 5.02 Å². The van der Waals surface area contributed by atoms with Crippen LogP contribution >= 0.6 is 11.6 Å². The van der Waals surface area contributed by atoms with E-state index in [-0.39, 0.29) is 5.97 Å². The molecule has 91 valence electrons. The van der Waals surface area contributed by atoms with E-state index in [1.165, 1.54) is 0 Å². The standard InChI is InChI=1S/C15H12ClO2/c1-2-18-15(17)12-8-9-14(16)13(10-12)11-6-4-3-5-7-11/h3-8,10H,2H2,1H3. The fourth-order valence-corrected chi connectivity index (χ4v) is 1.86. The zero-order chi connectivity index (χ0) is 13.0. The van der Waals surface area contributed by atoms with E-state index < -0.39 is 0 Å². The quantitative estimate of drug-likeness (QED) is 0.780. The van der Waals surface area contributed by atoms with Crippen LogP contribution in [0.4, 0.5) is 0 Å². The molecule has 2 aromatic rings. The first-order valence-electron chi connectivity index (χ1n) is 5.66. The Labute approximate surface area is 111 Å². The van der Waals surface area contributed by atoms with Crippen LogP contribution in [0.5, 0.6) is 0 Å². The molecule has 0 aromatic heterocycles. The number of benzene rings is 2. The van der Waals surface area contributed by atoms with Gasteiger partial charge in [0.05, 0.1) is 17.2 Å². The fraction of sp³-hybridized carbons (Fsp3) is 0.133. The molecule has 0 bridgehead atoms. The number of ether oxygens (including phenoxy) is 1.